The van der Waals surface area contributed by atoms with Crippen LogP contribution in [0.5, 0.6) is 11.5 Å². The van der Waals surface area contributed by atoms with Gasteiger partial charge in [-0.05, 0) is 31.5 Å². The molecule has 6 nitrogen and oxygen atoms in total. The normalized spacial score (nSPS) is 10.3. The van der Waals surface area contributed by atoms with E-state index in [4.69, 9.17) is 9.47 Å². The first-order valence-electron chi connectivity index (χ1n) is 7.99. The smallest absolute Gasteiger partial charge is 0.254 e. The lowest BCUT2D eigenvalue weighted by molar-refractivity contribution is 0.0949. The molecule has 1 aromatic carbocycles. The molecule has 0 atom stereocenters. The molecule has 1 amide bonds. The number of carbonyl (C=O) groups is 1. The summed E-state index contributed by atoms with van der Waals surface area (Å²) in [7, 11) is 1.59. The number of ether oxygens (including phenoxy) is 2. The number of benzene rings is 1. The highest BCUT2D eigenvalue weighted by atomic mass is 16.5. The molecule has 0 radical (unpaired) electrons. The van der Waals surface area contributed by atoms with Crippen molar-refractivity contribution in [3.8, 4) is 11.5 Å². The Balaban J connectivity index is 2.06. The van der Waals surface area contributed by atoms with Crippen LogP contribution >= 0.6 is 0 Å². The Morgan fingerprint density at radius 1 is 1.25 bits per heavy atom. The lowest BCUT2D eigenvalue weighted by Gasteiger charge is -2.12. The number of carbonyl (C=O) groups excluding carboxylic acids is 1. The number of nitrogens with one attached hydrogen (secondary N) is 1. The van der Waals surface area contributed by atoms with E-state index in [0.717, 1.165) is 17.8 Å². The molecular weight excluding hydrogens is 306 g/mol. The Morgan fingerprint density at radius 2 is 2.04 bits per heavy atom. The van der Waals surface area contributed by atoms with Gasteiger partial charge in [-0.25, -0.2) is 9.97 Å². The van der Waals surface area contributed by atoms with Gasteiger partial charge >= 0.3 is 0 Å². The summed E-state index contributed by atoms with van der Waals surface area (Å²) in [4.78, 5) is 20.8. The minimum absolute atomic E-state index is 0.192. The first-order chi connectivity index (χ1) is 11.6. The number of aryl methyl sites for hydroxylation is 2. The van der Waals surface area contributed by atoms with E-state index < -0.39 is 0 Å². The van der Waals surface area contributed by atoms with Crippen molar-refractivity contribution in [2.45, 2.75) is 33.7 Å². The zero-order valence-corrected chi connectivity index (χ0v) is 14.5. The van der Waals surface area contributed by atoms with Crippen LogP contribution in [0.4, 0.5) is 0 Å². The molecule has 0 spiro atoms. The van der Waals surface area contributed by atoms with Crippen LogP contribution in [-0.2, 0) is 13.0 Å². The second kappa shape index (κ2) is 8.29. The van der Waals surface area contributed by atoms with E-state index in [2.05, 4.69) is 15.3 Å². The van der Waals surface area contributed by atoms with Crippen LogP contribution in [0.15, 0.2) is 24.4 Å². The maximum atomic E-state index is 12.3. The lowest BCUT2D eigenvalue weighted by Crippen LogP contribution is -2.24. The first kappa shape index (κ1) is 17.7. The molecular formula is C18H23N3O3. The molecule has 0 saturated heterocycles. The molecule has 6 heteroatoms. The predicted octanol–water partition coefficient (Wildman–Crippen LogP) is 2.68. The van der Waals surface area contributed by atoms with Crippen LogP contribution in [0.3, 0.4) is 0 Å². The van der Waals surface area contributed by atoms with Gasteiger partial charge in [0.05, 0.1) is 25.0 Å². The quantitative estimate of drug-likeness (QED) is 0.845. The van der Waals surface area contributed by atoms with Crippen molar-refractivity contribution in [1.82, 2.24) is 15.3 Å². The fourth-order valence-corrected chi connectivity index (χ4v) is 2.28. The van der Waals surface area contributed by atoms with Gasteiger partial charge in [-0.3, -0.25) is 4.79 Å². The molecule has 0 aliphatic heterocycles. The molecule has 2 rings (SSSR count). The van der Waals surface area contributed by atoms with Crippen molar-refractivity contribution >= 4 is 5.91 Å². The molecule has 0 fully saturated rings. The highest BCUT2D eigenvalue weighted by Crippen LogP contribution is 2.28. The van der Waals surface area contributed by atoms with E-state index in [1.165, 1.54) is 0 Å². The van der Waals surface area contributed by atoms with Gasteiger partial charge in [-0.1, -0.05) is 13.0 Å². The summed E-state index contributed by atoms with van der Waals surface area (Å²) in [5.74, 6) is 1.88. The standard InChI is InChI=1S/C18H23N3O3/c1-5-17-19-11-14(12(3)21-17)18(22)20-10-13-7-8-15(24-6-2)16(9-13)23-4/h7-9,11H,5-6,10H2,1-4H3,(H,20,22). The Hall–Kier alpha value is -2.63. The number of rotatable bonds is 7. The third-order valence-corrected chi connectivity index (χ3v) is 3.57. The summed E-state index contributed by atoms with van der Waals surface area (Å²) in [6.07, 6.45) is 2.32. The molecule has 1 N–H and O–H groups in total. The number of hydrogen-bond donors (Lipinski definition) is 1. The van der Waals surface area contributed by atoms with E-state index in [1.807, 2.05) is 39.0 Å². The molecule has 1 aromatic heterocycles. The Morgan fingerprint density at radius 3 is 2.67 bits per heavy atom. The summed E-state index contributed by atoms with van der Waals surface area (Å²) in [6, 6.07) is 5.60. The number of amides is 1. The van der Waals surface area contributed by atoms with Crippen molar-refractivity contribution in [2.24, 2.45) is 0 Å². The SMILES string of the molecule is CCOc1ccc(CNC(=O)c2cnc(CC)nc2C)cc1OC. The zero-order chi connectivity index (χ0) is 17.5. The van der Waals surface area contributed by atoms with Crippen molar-refractivity contribution in [3.63, 3.8) is 0 Å². The van der Waals surface area contributed by atoms with E-state index in [0.29, 0.717) is 35.9 Å². The van der Waals surface area contributed by atoms with E-state index in [1.54, 1.807) is 13.3 Å². The van der Waals surface area contributed by atoms with Gasteiger partial charge in [-0.15, -0.1) is 0 Å². The summed E-state index contributed by atoms with van der Waals surface area (Å²) in [6.45, 7) is 6.67. The highest BCUT2D eigenvalue weighted by molar-refractivity contribution is 5.94. The van der Waals surface area contributed by atoms with Crippen molar-refractivity contribution in [3.05, 3.63) is 47.0 Å². The lowest BCUT2D eigenvalue weighted by atomic mass is 10.2. The van der Waals surface area contributed by atoms with Crippen molar-refractivity contribution < 1.29 is 14.3 Å². The first-order valence-corrected chi connectivity index (χ1v) is 7.99. The molecule has 128 valence electrons. The Bertz CT molecular complexity index is 717. The molecule has 1 heterocycles. The maximum Gasteiger partial charge on any atom is 0.254 e. The minimum Gasteiger partial charge on any atom is -0.493 e. The van der Waals surface area contributed by atoms with Gasteiger partial charge < -0.3 is 14.8 Å². The number of methoxy groups -OCH3 is 1. The largest absolute Gasteiger partial charge is 0.493 e. The van der Waals surface area contributed by atoms with Crippen LogP contribution in [0.1, 0.15) is 41.3 Å². The molecule has 0 aliphatic carbocycles. The second-order valence-electron chi connectivity index (χ2n) is 5.24. The van der Waals surface area contributed by atoms with E-state index in [-0.39, 0.29) is 5.91 Å². The Labute approximate surface area is 142 Å². The van der Waals surface area contributed by atoms with Crippen LogP contribution < -0.4 is 14.8 Å². The fraction of sp³-hybridized carbons (Fsp3) is 0.389. The van der Waals surface area contributed by atoms with E-state index in [9.17, 15) is 4.79 Å². The van der Waals surface area contributed by atoms with Crippen LogP contribution in [0.2, 0.25) is 0 Å². The highest BCUT2D eigenvalue weighted by Gasteiger charge is 2.12. The summed E-state index contributed by atoms with van der Waals surface area (Å²) in [5, 5.41) is 2.88. The number of hydrogen-bond acceptors (Lipinski definition) is 5. The zero-order valence-electron chi connectivity index (χ0n) is 14.5. The molecule has 2 aromatic rings. The van der Waals surface area contributed by atoms with Gasteiger partial charge in [0.1, 0.15) is 5.82 Å². The number of nitrogens with zero attached hydrogens (tertiary/aromatic N) is 2. The molecule has 0 bridgehead atoms. The van der Waals surface area contributed by atoms with Crippen molar-refractivity contribution in [2.75, 3.05) is 13.7 Å². The fourth-order valence-electron chi connectivity index (χ4n) is 2.28. The van der Waals surface area contributed by atoms with Gasteiger partial charge in [-0.2, -0.15) is 0 Å². The van der Waals surface area contributed by atoms with Crippen LogP contribution in [0.25, 0.3) is 0 Å². The molecule has 0 unspecified atom stereocenters. The molecule has 24 heavy (non-hydrogen) atoms. The van der Waals surface area contributed by atoms with Crippen LogP contribution in [-0.4, -0.2) is 29.6 Å². The average molecular weight is 329 g/mol. The minimum atomic E-state index is -0.192. The van der Waals surface area contributed by atoms with Gasteiger partial charge in [0.15, 0.2) is 11.5 Å². The van der Waals surface area contributed by atoms with E-state index >= 15 is 0 Å². The monoisotopic (exact) mass is 329 g/mol. The summed E-state index contributed by atoms with van der Waals surface area (Å²) in [5.41, 5.74) is 2.10. The average Bonchev–Trinajstić information content (AvgIpc) is 2.60. The molecule has 0 aliphatic rings. The predicted molar refractivity (Wildman–Crippen MR) is 91.5 cm³/mol. The van der Waals surface area contributed by atoms with Crippen LogP contribution in [0, 0.1) is 6.92 Å². The maximum absolute atomic E-state index is 12.3. The van der Waals surface area contributed by atoms with Crippen molar-refractivity contribution in [1.29, 1.82) is 0 Å². The second-order valence-corrected chi connectivity index (χ2v) is 5.24. The topological polar surface area (TPSA) is 73.3 Å². The van der Waals surface area contributed by atoms with Gasteiger partial charge in [0.2, 0.25) is 0 Å². The molecule has 0 saturated carbocycles. The summed E-state index contributed by atoms with van der Waals surface area (Å²) < 4.78 is 10.8. The third-order valence-electron chi connectivity index (χ3n) is 3.57. The third kappa shape index (κ3) is 4.22. The summed E-state index contributed by atoms with van der Waals surface area (Å²) >= 11 is 0. The van der Waals surface area contributed by atoms with Gasteiger partial charge in [0.25, 0.3) is 5.91 Å². The Kier molecular flexibility index (Phi) is 6.12. The number of aromatic nitrogens is 2. The van der Waals surface area contributed by atoms with Gasteiger partial charge in [0, 0.05) is 19.2 Å².